The summed E-state index contributed by atoms with van der Waals surface area (Å²) in [5, 5.41) is 8.11. The summed E-state index contributed by atoms with van der Waals surface area (Å²) >= 11 is 1.49. The molecule has 1 aromatic carbocycles. The van der Waals surface area contributed by atoms with Crippen LogP contribution in [0.3, 0.4) is 0 Å². The fourth-order valence-electron chi connectivity index (χ4n) is 7.32. The number of benzene rings is 1. The first kappa shape index (κ1) is 28.0. The number of carbonyl (C=O) groups is 1. The highest BCUT2D eigenvalue weighted by molar-refractivity contribution is 7.84. The maximum absolute atomic E-state index is 12.8. The lowest BCUT2D eigenvalue weighted by Crippen LogP contribution is -2.44. The number of carbonyl (C=O) groups excluding carboxylic acids is 1. The summed E-state index contributed by atoms with van der Waals surface area (Å²) in [4.78, 5) is 23.4. The number of nitrogens with one attached hydrogen (secondary N) is 1. The van der Waals surface area contributed by atoms with Crippen LogP contribution in [-0.4, -0.2) is 50.5 Å². The predicted molar refractivity (Wildman–Crippen MR) is 152 cm³/mol. The van der Waals surface area contributed by atoms with Crippen molar-refractivity contribution >= 4 is 38.4 Å². The Hall–Kier alpha value is -2.50. The molecule has 1 heterocycles. The van der Waals surface area contributed by atoms with Gasteiger partial charge in [-0.1, -0.05) is 18.1 Å². The molecule has 0 radical (unpaired) electrons. The molecule has 1 aromatic heterocycles. The molecular formula is C28H38N4O5S2. The lowest BCUT2D eigenvalue weighted by atomic mass is 9.54. The SMILES string of the molecule is CO/N=C1\C[C@@H](CCC(=O)Nc2ncc(C)s2)C2C3CCc4cc(OS(=O)(=O)N(C)C)ccc4C3CC[C@]12C. The Morgan fingerprint density at radius 3 is 2.79 bits per heavy atom. The fraction of sp³-hybridized carbons (Fsp3) is 0.607. The van der Waals surface area contributed by atoms with Crippen molar-refractivity contribution in [2.75, 3.05) is 26.5 Å². The number of thiazole rings is 1. The molecule has 1 amide bonds. The first-order valence-electron chi connectivity index (χ1n) is 13.6. The minimum absolute atomic E-state index is 0.00439. The van der Waals surface area contributed by atoms with E-state index in [1.54, 1.807) is 19.4 Å². The van der Waals surface area contributed by atoms with E-state index in [4.69, 9.17) is 9.02 Å². The molecule has 11 heteroatoms. The van der Waals surface area contributed by atoms with Crippen LogP contribution in [0.2, 0.25) is 0 Å². The normalized spacial score (nSPS) is 29.0. The number of fused-ring (bicyclic) bond motifs is 5. The van der Waals surface area contributed by atoms with Gasteiger partial charge in [-0.15, -0.1) is 11.3 Å². The van der Waals surface area contributed by atoms with Crippen LogP contribution >= 0.6 is 11.3 Å². The minimum Gasteiger partial charge on any atom is -0.399 e. The molecule has 2 aromatic rings. The second kappa shape index (κ2) is 10.8. The number of oxime groups is 1. The first-order valence-corrected chi connectivity index (χ1v) is 15.8. The zero-order chi connectivity index (χ0) is 27.9. The van der Waals surface area contributed by atoms with Gasteiger partial charge in [0, 0.05) is 37.0 Å². The quantitative estimate of drug-likeness (QED) is 0.437. The number of amides is 1. The second-order valence-corrected chi connectivity index (χ2v) is 14.5. The number of rotatable bonds is 8. The lowest BCUT2D eigenvalue weighted by molar-refractivity contribution is -0.116. The number of aromatic nitrogens is 1. The van der Waals surface area contributed by atoms with Crippen molar-refractivity contribution in [3.63, 3.8) is 0 Å². The van der Waals surface area contributed by atoms with E-state index in [-0.39, 0.29) is 11.3 Å². The summed E-state index contributed by atoms with van der Waals surface area (Å²) in [6.07, 6.45) is 7.81. The third kappa shape index (κ3) is 5.45. The highest BCUT2D eigenvalue weighted by Crippen LogP contribution is 2.62. The third-order valence-corrected chi connectivity index (χ3v) is 11.2. The Balaban J connectivity index is 1.36. The van der Waals surface area contributed by atoms with E-state index < -0.39 is 10.3 Å². The summed E-state index contributed by atoms with van der Waals surface area (Å²) in [6.45, 7) is 4.31. The van der Waals surface area contributed by atoms with Crippen molar-refractivity contribution in [3.05, 3.63) is 40.4 Å². The molecule has 2 saturated carbocycles. The molecule has 1 N–H and O–H groups in total. The monoisotopic (exact) mass is 574 g/mol. The fourth-order valence-corrected chi connectivity index (χ4v) is 8.49. The van der Waals surface area contributed by atoms with E-state index in [0.29, 0.717) is 41.0 Å². The van der Waals surface area contributed by atoms with E-state index >= 15 is 0 Å². The molecule has 5 atom stereocenters. The minimum atomic E-state index is -3.80. The highest BCUT2D eigenvalue weighted by Gasteiger charge is 2.57. The average Bonchev–Trinajstić information content (AvgIpc) is 3.42. The molecule has 9 nitrogen and oxygen atoms in total. The molecule has 5 rings (SSSR count). The standard InChI is InChI=1S/C28H38N4O5S2/c1-17-16-29-27(38-17)30-25(33)11-7-19-15-24(31-36-5)28(2)13-12-22-21-10-8-20(37-39(34,35)32(3)4)14-18(21)6-9-23(22)26(19)28/h8,10,14,16,19,22-23,26H,6-7,9,11-13,15H2,1-5H3,(H,29,30,33)/b31-24+/t19-,22?,23?,26?,28-/m1/s1. The van der Waals surface area contributed by atoms with Crippen molar-refractivity contribution in [1.82, 2.24) is 9.29 Å². The molecule has 0 bridgehead atoms. The van der Waals surface area contributed by atoms with Crippen LogP contribution in [0.4, 0.5) is 5.13 Å². The summed E-state index contributed by atoms with van der Waals surface area (Å²) in [7, 11) is 0.729. The number of nitrogens with zero attached hydrogens (tertiary/aromatic N) is 3. The van der Waals surface area contributed by atoms with Gasteiger partial charge in [0.1, 0.15) is 12.9 Å². The van der Waals surface area contributed by atoms with Crippen molar-refractivity contribution in [1.29, 1.82) is 0 Å². The van der Waals surface area contributed by atoms with Gasteiger partial charge in [-0.25, -0.2) is 4.98 Å². The average molecular weight is 575 g/mol. The van der Waals surface area contributed by atoms with Gasteiger partial charge in [0.05, 0.1) is 5.71 Å². The third-order valence-electron chi connectivity index (χ3n) is 9.03. The largest absolute Gasteiger partial charge is 0.399 e. The van der Waals surface area contributed by atoms with Gasteiger partial charge < -0.3 is 14.3 Å². The van der Waals surface area contributed by atoms with Crippen LogP contribution in [0.25, 0.3) is 0 Å². The number of anilines is 1. The Labute approximate surface area is 235 Å². The first-order chi connectivity index (χ1) is 18.5. The summed E-state index contributed by atoms with van der Waals surface area (Å²) < 4.78 is 30.9. The van der Waals surface area contributed by atoms with Gasteiger partial charge in [0.2, 0.25) is 5.91 Å². The van der Waals surface area contributed by atoms with Crippen LogP contribution in [0.15, 0.2) is 29.6 Å². The van der Waals surface area contributed by atoms with Gasteiger partial charge in [-0.05, 0) is 92.4 Å². The second-order valence-electron chi connectivity index (χ2n) is 11.5. The Morgan fingerprint density at radius 2 is 2.10 bits per heavy atom. The van der Waals surface area contributed by atoms with Crippen molar-refractivity contribution in [2.24, 2.45) is 28.3 Å². The van der Waals surface area contributed by atoms with Gasteiger partial charge in [0.15, 0.2) is 5.13 Å². The highest BCUT2D eigenvalue weighted by atomic mass is 32.2. The van der Waals surface area contributed by atoms with Gasteiger partial charge in [-0.3, -0.25) is 4.79 Å². The summed E-state index contributed by atoms with van der Waals surface area (Å²) in [5.41, 5.74) is 3.55. The van der Waals surface area contributed by atoms with E-state index in [9.17, 15) is 13.2 Å². The molecule has 3 unspecified atom stereocenters. The zero-order valence-electron chi connectivity index (χ0n) is 23.3. The van der Waals surface area contributed by atoms with Gasteiger partial charge in [0.25, 0.3) is 0 Å². The van der Waals surface area contributed by atoms with Crippen LogP contribution in [0.1, 0.15) is 67.4 Å². The van der Waals surface area contributed by atoms with E-state index in [1.807, 2.05) is 13.0 Å². The van der Waals surface area contributed by atoms with E-state index in [1.165, 1.54) is 36.6 Å². The predicted octanol–water partition coefficient (Wildman–Crippen LogP) is 5.14. The van der Waals surface area contributed by atoms with Crippen LogP contribution in [0.5, 0.6) is 5.75 Å². The van der Waals surface area contributed by atoms with Crippen LogP contribution in [0, 0.1) is 30.1 Å². The molecule has 39 heavy (non-hydrogen) atoms. The molecule has 0 saturated heterocycles. The van der Waals surface area contributed by atoms with E-state index in [2.05, 4.69) is 28.4 Å². The maximum Gasteiger partial charge on any atom is 0.384 e. The zero-order valence-corrected chi connectivity index (χ0v) is 24.9. The van der Waals surface area contributed by atoms with Crippen LogP contribution < -0.4 is 9.50 Å². The number of aryl methyl sites for hydroxylation is 2. The van der Waals surface area contributed by atoms with Gasteiger partial charge in [-0.2, -0.15) is 12.7 Å². The smallest absolute Gasteiger partial charge is 0.384 e. The molecule has 0 aliphatic heterocycles. The Morgan fingerprint density at radius 1 is 1.31 bits per heavy atom. The molecule has 212 valence electrons. The Kier molecular flexibility index (Phi) is 7.78. The number of hydrogen-bond acceptors (Lipinski definition) is 8. The van der Waals surface area contributed by atoms with Crippen LogP contribution in [-0.2, 0) is 26.4 Å². The van der Waals surface area contributed by atoms with Crippen molar-refractivity contribution in [3.8, 4) is 5.75 Å². The van der Waals surface area contributed by atoms with Crippen molar-refractivity contribution in [2.45, 2.75) is 64.7 Å². The molecular weight excluding hydrogens is 536 g/mol. The summed E-state index contributed by atoms with van der Waals surface area (Å²) in [5.74, 6) is 1.96. The molecule has 0 spiro atoms. The molecule has 3 aliphatic rings. The molecule has 2 fully saturated rings. The topological polar surface area (TPSA) is 110 Å². The lowest BCUT2D eigenvalue weighted by Gasteiger charge is -2.50. The molecule has 3 aliphatic carbocycles. The van der Waals surface area contributed by atoms with E-state index in [0.717, 1.165) is 53.4 Å². The maximum atomic E-state index is 12.8. The number of hydrogen-bond donors (Lipinski definition) is 1. The summed E-state index contributed by atoms with van der Waals surface area (Å²) in [6, 6.07) is 5.74. The van der Waals surface area contributed by atoms with Gasteiger partial charge >= 0.3 is 10.3 Å². The van der Waals surface area contributed by atoms with Crippen molar-refractivity contribution < 1.29 is 22.2 Å². The Bertz CT molecular complexity index is 1370.